The van der Waals surface area contributed by atoms with Crippen molar-refractivity contribution in [3.8, 4) is 23.0 Å². The Hall–Kier alpha value is -5.03. The summed E-state index contributed by atoms with van der Waals surface area (Å²) in [6.45, 7) is 4.31. The van der Waals surface area contributed by atoms with Crippen molar-refractivity contribution >= 4 is 52.2 Å². The molecule has 1 aliphatic heterocycles. The molecule has 256 valence electrons. The lowest BCUT2D eigenvalue weighted by Gasteiger charge is -2.26. The Morgan fingerprint density at radius 3 is 2.44 bits per heavy atom. The van der Waals surface area contributed by atoms with Gasteiger partial charge in [-0.2, -0.15) is 0 Å². The molecule has 1 N–H and O–H groups in total. The molecule has 1 atom stereocenters. The number of allylic oxidation sites excluding steroid dienone is 1. The Labute approximate surface area is 302 Å². The Morgan fingerprint density at radius 2 is 1.72 bits per heavy atom. The van der Waals surface area contributed by atoms with Crippen LogP contribution in [-0.4, -0.2) is 31.3 Å². The largest absolute Gasteiger partial charge is 0.497 e. The Kier molecular flexibility index (Phi) is 10.6. The number of methoxy groups -OCH3 is 2. The first-order valence-electron chi connectivity index (χ1n) is 15.6. The third-order valence-electron chi connectivity index (χ3n) is 7.98. The van der Waals surface area contributed by atoms with Gasteiger partial charge >= 0.3 is 0 Å². The van der Waals surface area contributed by atoms with Crippen LogP contribution < -0.4 is 39.2 Å². The Bertz CT molecular complexity index is 2280. The number of halogens is 2. The number of aromatic nitrogens is 1. The number of fused-ring (bicyclic) bond motifs is 1. The van der Waals surface area contributed by atoms with Gasteiger partial charge in [-0.1, -0.05) is 64.9 Å². The van der Waals surface area contributed by atoms with Crippen LogP contribution in [0.5, 0.6) is 23.0 Å². The first kappa shape index (κ1) is 34.8. The van der Waals surface area contributed by atoms with E-state index in [1.165, 1.54) is 18.4 Å². The normalized spacial score (nSPS) is 14.1. The van der Waals surface area contributed by atoms with E-state index in [1.807, 2.05) is 43.3 Å². The molecule has 0 saturated heterocycles. The minimum absolute atomic E-state index is 0.253. The van der Waals surface area contributed by atoms with E-state index in [1.54, 1.807) is 73.2 Å². The average molecular weight is 731 g/mol. The molecule has 1 aromatic heterocycles. The number of thiazole rings is 1. The van der Waals surface area contributed by atoms with E-state index in [0.717, 1.165) is 11.1 Å². The predicted molar refractivity (Wildman–Crippen MR) is 197 cm³/mol. The maximum absolute atomic E-state index is 14.3. The van der Waals surface area contributed by atoms with E-state index < -0.39 is 6.04 Å². The zero-order valence-electron chi connectivity index (χ0n) is 27.7. The number of nitrogens with zero attached hydrogens (tertiary/aromatic N) is 2. The molecule has 1 amide bonds. The highest BCUT2D eigenvalue weighted by molar-refractivity contribution is 7.07. The van der Waals surface area contributed by atoms with Gasteiger partial charge in [0.15, 0.2) is 16.3 Å². The molecule has 0 saturated carbocycles. The number of hydrogen-bond acceptors (Lipinski definition) is 8. The summed E-state index contributed by atoms with van der Waals surface area (Å²) < 4.78 is 25.1. The van der Waals surface area contributed by atoms with Crippen molar-refractivity contribution in [1.29, 1.82) is 0 Å². The molecular formula is C38H33Cl2N3O6S. The topological polar surface area (TPSA) is 100 Å². The van der Waals surface area contributed by atoms with Gasteiger partial charge in [-0.25, -0.2) is 4.99 Å². The highest BCUT2D eigenvalue weighted by Gasteiger charge is 2.34. The summed E-state index contributed by atoms with van der Waals surface area (Å²) in [5, 5.41) is 3.88. The first-order chi connectivity index (χ1) is 24.2. The lowest BCUT2D eigenvalue weighted by Crippen LogP contribution is -2.40. The molecule has 5 aromatic rings. The highest BCUT2D eigenvalue weighted by Crippen LogP contribution is 2.38. The second-order valence-electron chi connectivity index (χ2n) is 11.2. The van der Waals surface area contributed by atoms with Gasteiger partial charge in [-0.15, -0.1) is 0 Å². The van der Waals surface area contributed by atoms with Crippen LogP contribution >= 0.6 is 34.5 Å². The zero-order valence-corrected chi connectivity index (χ0v) is 30.0. The fraction of sp³-hybridized carbons (Fsp3) is 0.184. The molecule has 1 aliphatic rings. The number of rotatable bonds is 11. The number of carbonyl (C=O) groups excluding carboxylic acids is 1. The number of ether oxygens (including phenoxy) is 4. The molecule has 0 fully saturated rings. The quantitative estimate of drug-likeness (QED) is 0.155. The molecule has 0 spiro atoms. The molecule has 4 aromatic carbocycles. The fourth-order valence-electron chi connectivity index (χ4n) is 5.61. The van der Waals surface area contributed by atoms with Crippen LogP contribution in [-0.2, 0) is 11.4 Å². The van der Waals surface area contributed by atoms with Crippen molar-refractivity contribution in [2.24, 2.45) is 4.99 Å². The van der Waals surface area contributed by atoms with Crippen molar-refractivity contribution in [2.75, 3.05) is 26.1 Å². The van der Waals surface area contributed by atoms with Crippen LogP contribution in [0.15, 0.2) is 106 Å². The molecule has 12 heteroatoms. The predicted octanol–water partition coefficient (Wildman–Crippen LogP) is 7.18. The molecule has 0 bridgehead atoms. The van der Waals surface area contributed by atoms with E-state index in [9.17, 15) is 9.59 Å². The summed E-state index contributed by atoms with van der Waals surface area (Å²) in [4.78, 5) is 33.5. The third-order valence-corrected chi connectivity index (χ3v) is 9.70. The van der Waals surface area contributed by atoms with E-state index in [-0.39, 0.29) is 18.1 Å². The van der Waals surface area contributed by atoms with Gasteiger partial charge in [0, 0.05) is 17.3 Å². The standard InChI is InChI=1S/C38H33Cl2N3O6S/c1-5-48-32-18-23(12-16-30(32)49-21-24-11-15-28(39)29(40)17-24)19-33-37(45)43-35(27-14-13-26(46-3)20-31(27)47-4)34(22(2)41-38(43)50-33)36(44)42-25-9-7-6-8-10-25/h6-20,35H,5,21H2,1-4H3,(H,42,44)/b33-19-/t35-/m0/s1. The monoisotopic (exact) mass is 729 g/mol. The van der Waals surface area contributed by atoms with Crippen LogP contribution in [0, 0.1) is 0 Å². The van der Waals surface area contributed by atoms with Crippen molar-refractivity contribution in [1.82, 2.24) is 4.57 Å². The number of anilines is 1. The van der Waals surface area contributed by atoms with Gasteiger partial charge in [0.05, 0.1) is 46.7 Å². The zero-order chi connectivity index (χ0) is 35.4. The number of hydrogen-bond donors (Lipinski definition) is 1. The SMILES string of the molecule is CCOc1cc(/C=c2\sc3n(c2=O)[C@@H](c2ccc(OC)cc2OC)C(C(=O)Nc2ccccc2)=C(C)N=3)ccc1OCc1ccc(Cl)c(Cl)c1. The second kappa shape index (κ2) is 15.2. The van der Waals surface area contributed by atoms with E-state index >= 15 is 0 Å². The summed E-state index contributed by atoms with van der Waals surface area (Å²) in [7, 11) is 3.10. The molecule has 2 heterocycles. The van der Waals surface area contributed by atoms with Crippen LogP contribution in [0.4, 0.5) is 5.69 Å². The molecule has 0 radical (unpaired) electrons. The molecule has 9 nitrogen and oxygen atoms in total. The lowest BCUT2D eigenvalue weighted by atomic mass is 9.94. The van der Waals surface area contributed by atoms with E-state index in [0.29, 0.717) is 71.5 Å². The van der Waals surface area contributed by atoms with Gasteiger partial charge < -0.3 is 24.3 Å². The van der Waals surface area contributed by atoms with Gasteiger partial charge in [-0.3, -0.25) is 14.2 Å². The van der Waals surface area contributed by atoms with E-state index in [2.05, 4.69) is 5.32 Å². The van der Waals surface area contributed by atoms with Crippen molar-refractivity contribution in [2.45, 2.75) is 26.5 Å². The maximum atomic E-state index is 14.3. The maximum Gasteiger partial charge on any atom is 0.271 e. The smallest absolute Gasteiger partial charge is 0.271 e. The van der Waals surface area contributed by atoms with Crippen LogP contribution in [0.25, 0.3) is 6.08 Å². The Morgan fingerprint density at radius 1 is 0.920 bits per heavy atom. The molecule has 0 aliphatic carbocycles. The van der Waals surface area contributed by atoms with Gasteiger partial charge in [-0.05, 0) is 79.6 Å². The number of nitrogens with one attached hydrogen (secondary N) is 1. The van der Waals surface area contributed by atoms with Crippen LogP contribution in [0.1, 0.15) is 36.6 Å². The number of amides is 1. The van der Waals surface area contributed by atoms with Gasteiger partial charge in [0.1, 0.15) is 24.1 Å². The number of para-hydroxylation sites is 1. The van der Waals surface area contributed by atoms with E-state index in [4.69, 9.17) is 47.1 Å². The van der Waals surface area contributed by atoms with Crippen molar-refractivity contribution in [3.05, 3.63) is 143 Å². The molecule has 0 unspecified atom stereocenters. The van der Waals surface area contributed by atoms with Gasteiger partial charge in [0.25, 0.3) is 11.5 Å². The first-order valence-corrected chi connectivity index (χ1v) is 17.2. The summed E-state index contributed by atoms with van der Waals surface area (Å²) >= 11 is 13.5. The third kappa shape index (κ3) is 7.28. The molecule has 50 heavy (non-hydrogen) atoms. The van der Waals surface area contributed by atoms with Crippen LogP contribution in [0.2, 0.25) is 10.0 Å². The summed E-state index contributed by atoms with van der Waals surface area (Å²) in [6, 6.07) is 24.4. The minimum atomic E-state index is -0.839. The summed E-state index contributed by atoms with van der Waals surface area (Å²) in [5.41, 5.74) is 3.28. The fourth-order valence-corrected chi connectivity index (χ4v) is 6.98. The second-order valence-corrected chi connectivity index (χ2v) is 13.0. The Balaban J connectivity index is 1.42. The van der Waals surface area contributed by atoms with Gasteiger partial charge in [0.2, 0.25) is 0 Å². The highest BCUT2D eigenvalue weighted by atomic mass is 35.5. The number of carbonyl (C=O) groups is 1. The lowest BCUT2D eigenvalue weighted by molar-refractivity contribution is -0.113. The molecule has 6 rings (SSSR count). The van der Waals surface area contributed by atoms with Crippen molar-refractivity contribution < 1.29 is 23.7 Å². The van der Waals surface area contributed by atoms with Crippen LogP contribution in [0.3, 0.4) is 0 Å². The number of benzene rings is 4. The summed E-state index contributed by atoms with van der Waals surface area (Å²) in [5.74, 6) is 1.70. The minimum Gasteiger partial charge on any atom is -0.497 e. The summed E-state index contributed by atoms with van der Waals surface area (Å²) in [6.07, 6.45) is 1.78. The molecular weight excluding hydrogens is 697 g/mol. The average Bonchev–Trinajstić information content (AvgIpc) is 3.42. The van der Waals surface area contributed by atoms with Crippen molar-refractivity contribution in [3.63, 3.8) is 0 Å².